The zero-order valence-electron chi connectivity index (χ0n) is 16.5. The minimum atomic E-state index is -0.889. The van der Waals surface area contributed by atoms with Crippen LogP contribution in [-0.2, 0) is 19.1 Å². The van der Waals surface area contributed by atoms with Crippen LogP contribution in [0, 0.1) is 0 Å². The van der Waals surface area contributed by atoms with Gasteiger partial charge in [0.05, 0.1) is 6.61 Å². The van der Waals surface area contributed by atoms with Gasteiger partial charge in [-0.15, -0.1) is 0 Å². The van der Waals surface area contributed by atoms with Gasteiger partial charge in [0.1, 0.15) is 18.5 Å². The second kappa shape index (κ2) is 9.38. The van der Waals surface area contributed by atoms with Crippen molar-refractivity contribution in [3.05, 3.63) is 48.0 Å². The molecule has 1 amide bonds. The largest absolute Gasteiger partial charge is 0.472 e. The quantitative estimate of drug-likeness (QED) is 0.537. The number of benzene rings is 1. The Morgan fingerprint density at radius 1 is 1.21 bits per heavy atom. The molecule has 2 heterocycles. The third kappa shape index (κ3) is 4.48. The van der Waals surface area contributed by atoms with Crippen LogP contribution in [0.15, 0.2) is 42.5 Å². The van der Waals surface area contributed by atoms with E-state index in [1.807, 2.05) is 25.1 Å². The highest BCUT2D eigenvalue weighted by molar-refractivity contribution is 6.04. The molecule has 2 N–H and O–H groups in total. The Kier molecular flexibility index (Phi) is 6.66. The lowest BCUT2D eigenvalue weighted by Gasteiger charge is -2.37. The van der Waals surface area contributed by atoms with E-state index in [0.29, 0.717) is 30.9 Å². The highest BCUT2D eigenvalue weighted by Crippen LogP contribution is 2.39. The van der Waals surface area contributed by atoms with Gasteiger partial charge in [0.15, 0.2) is 11.6 Å². The summed E-state index contributed by atoms with van der Waals surface area (Å²) in [5.74, 6) is -0.0910. The molecule has 1 aliphatic heterocycles. The van der Waals surface area contributed by atoms with Crippen molar-refractivity contribution in [1.82, 2.24) is 4.98 Å². The van der Waals surface area contributed by atoms with Crippen LogP contribution in [0.25, 0.3) is 0 Å². The number of nitrogen functional groups attached to an aromatic ring is 1. The molecule has 1 aromatic heterocycles. The normalized spacial score (nSPS) is 16.7. The molecule has 3 rings (SSSR count). The molecule has 1 aliphatic rings. The number of ether oxygens (including phenoxy) is 3. The number of fused-ring (bicyclic) bond motifs is 1. The lowest BCUT2D eigenvalue weighted by atomic mass is 10.0. The van der Waals surface area contributed by atoms with Gasteiger partial charge >= 0.3 is 5.97 Å². The lowest BCUT2D eigenvalue weighted by molar-refractivity contribution is -0.148. The van der Waals surface area contributed by atoms with E-state index in [2.05, 4.69) is 4.98 Å². The van der Waals surface area contributed by atoms with Crippen LogP contribution in [-0.4, -0.2) is 42.7 Å². The van der Waals surface area contributed by atoms with Crippen LogP contribution in [0.3, 0.4) is 0 Å². The van der Waals surface area contributed by atoms with E-state index in [4.69, 9.17) is 19.9 Å². The van der Waals surface area contributed by atoms with Crippen molar-refractivity contribution in [3.63, 3.8) is 0 Å². The van der Waals surface area contributed by atoms with Gasteiger partial charge in [-0.05, 0) is 25.5 Å². The predicted octanol–water partition coefficient (Wildman–Crippen LogP) is 2.49. The molecule has 0 radical (unpaired) electrons. The van der Waals surface area contributed by atoms with Gasteiger partial charge in [-0.25, -0.2) is 9.78 Å². The molecule has 0 saturated carbocycles. The molecule has 0 spiro atoms. The molecular weight excluding hydrogens is 374 g/mol. The highest BCUT2D eigenvalue weighted by atomic mass is 16.6. The molecule has 2 atom stereocenters. The molecule has 2 aromatic rings. The summed E-state index contributed by atoms with van der Waals surface area (Å²) in [7, 11) is 0. The monoisotopic (exact) mass is 399 g/mol. The zero-order chi connectivity index (χ0) is 20.8. The van der Waals surface area contributed by atoms with Crippen LogP contribution in [0.5, 0.6) is 5.75 Å². The maximum Gasteiger partial charge on any atom is 0.329 e. The van der Waals surface area contributed by atoms with E-state index < -0.39 is 24.0 Å². The van der Waals surface area contributed by atoms with Gasteiger partial charge in [0.25, 0.3) is 5.91 Å². The van der Waals surface area contributed by atoms with Crippen LogP contribution >= 0.6 is 0 Å². The summed E-state index contributed by atoms with van der Waals surface area (Å²) in [5.41, 5.74) is 6.51. The first-order valence-electron chi connectivity index (χ1n) is 9.62. The number of pyridine rings is 1. The molecule has 1 aromatic carbocycles. The maximum atomic E-state index is 13.4. The van der Waals surface area contributed by atoms with Crippen molar-refractivity contribution in [2.45, 2.75) is 32.4 Å². The molecule has 2 unspecified atom stereocenters. The average Bonchev–Trinajstić information content (AvgIpc) is 2.73. The molecule has 0 fully saturated rings. The molecule has 0 aliphatic carbocycles. The topological polar surface area (TPSA) is 104 Å². The highest BCUT2D eigenvalue weighted by Gasteiger charge is 2.42. The van der Waals surface area contributed by atoms with Gasteiger partial charge in [0.2, 0.25) is 6.10 Å². The number of amides is 1. The number of hydrogen-bond acceptors (Lipinski definition) is 7. The van der Waals surface area contributed by atoms with Crippen molar-refractivity contribution >= 4 is 23.5 Å². The predicted molar refractivity (Wildman–Crippen MR) is 107 cm³/mol. The van der Waals surface area contributed by atoms with E-state index in [-0.39, 0.29) is 18.2 Å². The number of nitrogens with zero attached hydrogens (tertiary/aromatic N) is 2. The van der Waals surface area contributed by atoms with E-state index in [1.54, 1.807) is 31.2 Å². The summed E-state index contributed by atoms with van der Waals surface area (Å²) < 4.78 is 16.5. The summed E-state index contributed by atoms with van der Waals surface area (Å²) in [6.45, 7) is 4.61. The van der Waals surface area contributed by atoms with E-state index in [9.17, 15) is 9.59 Å². The number of rotatable bonds is 8. The first-order valence-corrected chi connectivity index (χ1v) is 9.62. The Morgan fingerprint density at radius 2 is 1.97 bits per heavy atom. The van der Waals surface area contributed by atoms with Crippen molar-refractivity contribution in [3.8, 4) is 5.75 Å². The third-order valence-electron chi connectivity index (χ3n) is 4.54. The summed E-state index contributed by atoms with van der Waals surface area (Å²) in [4.78, 5) is 31.7. The fourth-order valence-corrected chi connectivity index (χ4v) is 3.16. The summed E-state index contributed by atoms with van der Waals surface area (Å²) in [5, 5.41) is 0. The summed E-state index contributed by atoms with van der Waals surface area (Å²) >= 11 is 0. The van der Waals surface area contributed by atoms with Crippen molar-refractivity contribution in [1.29, 1.82) is 0 Å². The van der Waals surface area contributed by atoms with Crippen LogP contribution < -0.4 is 15.4 Å². The fraction of sp³-hybridized carbons (Fsp3) is 0.381. The van der Waals surface area contributed by atoms with Crippen LogP contribution in [0.4, 0.5) is 11.6 Å². The standard InChI is InChI=1S/C21H25N3O5/c1-3-15(21(26)28-13-12-27-4-2)24-19-16(10-11-17(22)23-19)29-18(20(24)25)14-8-6-5-7-9-14/h5-11,15,18H,3-4,12-13H2,1-2H3,(H2,22,23). The van der Waals surface area contributed by atoms with Crippen molar-refractivity contribution in [2.24, 2.45) is 0 Å². The molecule has 8 nitrogen and oxygen atoms in total. The maximum absolute atomic E-state index is 13.4. The summed E-state index contributed by atoms with van der Waals surface area (Å²) in [6.07, 6.45) is -0.546. The van der Waals surface area contributed by atoms with Gasteiger partial charge < -0.3 is 19.9 Å². The number of nitrogens with two attached hydrogens (primary N) is 1. The van der Waals surface area contributed by atoms with Crippen LogP contribution in [0.2, 0.25) is 0 Å². The van der Waals surface area contributed by atoms with Crippen molar-refractivity contribution < 1.29 is 23.8 Å². The zero-order valence-corrected chi connectivity index (χ0v) is 16.5. The fourth-order valence-electron chi connectivity index (χ4n) is 3.16. The minimum Gasteiger partial charge on any atom is -0.472 e. The Morgan fingerprint density at radius 3 is 2.66 bits per heavy atom. The van der Waals surface area contributed by atoms with Crippen molar-refractivity contribution in [2.75, 3.05) is 30.5 Å². The lowest BCUT2D eigenvalue weighted by Crippen LogP contribution is -2.51. The van der Waals surface area contributed by atoms with Gasteiger partial charge in [-0.3, -0.25) is 9.69 Å². The average molecular weight is 399 g/mol. The SMILES string of the molecule is CCOCCOC(=O)C(CC)N1C(=O)C(c2ccccc2)Oc2ccc(N)nc21. The first-order chi connectivity index (χ1) is 14.1. The van der Waals surface area contributed by atoms with E-state index in [0.717, 1.165) is 0 Å². The van der Waals surface area contributed by atoms with E-state index in [1.165, 1.54) is 4.90 Å². The molecule has 0 bridgehead atoms. The number of carbonyl (C=O) groups excluding carboxylic acids is 2. The first kappa shape index (κ1) is 20.6. The number of carbonyl (C=O) groups is 2. The Labute approximate surface area is 169 Å². The molecule has 8 heteroatoms. The summed E-state index contributed by atoms with van der Waals surface area (Å²) in [6, 6.07) is 11.5. The Balaban J connectivity index is 1.94. The van der Waals surface area contributed by atoms with Crippen LogP contribution in [0.1, 0.15) is 31.9 Å². The molecule has 0 saturated heterocycles. The van der Waals surface area contributed by atoms with Gasteiger partial charge in [-0.2, -0.15) is 0 Å². The smallest absolute Gasteiger partial charge is 0.329 e. The molecule has 29 heavy (non-hydrogen) atoms. The number of hydrogen-bond donors (Lipinski definition) is 1. The number of anilines is 2. The molecular formula is C21H25N3O5. The second-order valence-corrected chi connectivity index (χ2v) is 6.46. The number of aromatic nitrogens is 1. The minimum absolute atomic E-state index is 0.112. The Hall–Kier alpha value is -3.13. The second-order valence-electron chi connectivity index (χ2n) is 6.46. The third-order valence-corrected chi connectivity index (χ3v) is 4.54. The van der Waals surface area contributed by atoms with E-state index >= 15 is 0 Å². The van der Waals surface area contributed by atoms with Gasteiger partial charge in [0, 0.05) is 12.2 Å². The van der Waals surface area contributed by atoms with Gasteiger partial charge in [-0.1, -0.05) is 37.3 Å². The molecule has 154 valence electrons. The number of esters is 1. The Bertz CT molecular complexity index is 859.